The van der Waals surface area contributed by atoms with Crippen molar-refractivity contribution in [3.05, 3.63) is 5.21 Å². The van der Waals surface area contributed by atoms with Crippen LogP contribution < -0.4 is 29.6 Å². The summed E-state index contributed by atoms with van der Waals surface area (Å²) in [6, 6.07) is 0. The van der Waals surface area contributed by atoms with E-state index in [1.165, 1.54) is 5.01 Å². The van der Waals surface area contributed by atoms with Gasteiger partial charge >= 0.3 is 29.6 Å². The molecule has 0 fully saturated rings. The maximum Gasteiger partial charge on any atom is 1.00 e. The minimum absolute atomic E-state index is 0. The first-order valence-electron chi connectivity index (χ1n) is 2.83. The van der Waals surface area contributed by atoms with E-state index in [4.69, 9.17) is 5.21 Å². The SMILES string of the molecule is CCN(CC)[N+]([O-])=NO.[H-].[Na+]. The van der Waals surface area contributed by atoms with Crippen LogP contribution in [0.15, 0.2) is 5.28 Å². The minimum Gasteiger partial charge on any atom is -1.00 e. The molecule has 0 rings (SSSR count). The van der Waals surface area contributed by atoms with Gasteiger partial charge in [0, 0.05) is 0 Å². The summed E-state index contributed by atoms with van der Waals surface area (Å²) >= 11 is 0. The molecule has 0 amide bonds. The predicted octanol–water partition coefficient (Wildman–Crippen LogP) is -2.29. The maximum atomic E-state index is 10.4. The molecule has 0 heterocycles. The Morgan fingerprint density at radius 3 is 2.10 bits per heavy atom. The molecule has 0 atom stereocenters. The van der Waals surface area contributed by atoms with Crippen molar-refractivity contribution in [2.24, 2.45) is 5.28 Å². The monoisotopic (exact) mass is 157 g/mol. The molecule has 0 radical (unpaired) electrons. The molecule has 5 nitrogen and oxygen atoms in total. The molecule has 0 aromatic heterocycles. The van der Waals surface area contributed by atoms with Crippen molar-refractivity contribution in [3.8, 4) is 0 Å². The fourth-order valence-corrected chi connectivity index (χ4v) is 0.522. The molecule has 1 N–H and O–H groups in total. The Bertz CT molecular complexity index is 110. The van der Waals surface area contributed by atoms with Crippen molar-refractivity contribution in [2.45, 2.75) is 13.8 Å². The summed E-state index contributed by atoms with van der Waals surface area (Å²) < 4.78 is 0. The van der Waals surface area contributed by atoms with Gasteiger partial charge in [-0.15, -0.1) is 5.01 Å². The molecule has 56 valence electrons. The van der Waals surface area contributed by atoms with Gasteiger partial charge in [0.05, 0.1) is 18.1 Å². The zero-order valence-corrected chi connectivity index (χ0v) is 8.61. The van der Waals surface area contributed by atoms with Gasteiger partial charge in [0.25, 0.3) is 0 Å². The van der Waals surface area contributed by atoms with Crippen LogP contribution in [0.4, 0.5) is 0 Å². The molecular formula is C4H12N3NaO2. The number of nitrogens with zero attached hydrogens (tertiary/aromatic N) is 3. The van der Waals surface area contributed by atoms with E-state index in [-0.39, 0.29) is 36.0 Å². The largest absolute Gasteiger partial charge is 1.00 e. The van der Waals surface area contributed by atoms with Crippen LogP contribution in [0, 0.1) is 5.21 Å². The average Bonchev–Trinajstić information content (AvgIpc) is 1.90. The zero-order valence-electron chi connectivity index (χ0n) is 7.61. The molecule has 0 bridgehead atoms. The van der Waals surface area contributed by atoms with Gasteiger partial charge in [-0.25, -0.2) is 0 Å². The van der Waals surface area contributed by atoms with E-state index in [1.54, 1.807) is 13.8 Å². The zero-order chi connectivity index (χ0) is 7.28. The Hall–Kier alpha value is 0. The molecule has 0 unspecified atom stereocenters. The second kappa shape index (κ2) is 7.11. The van der Waals surface area contributed by atoms with Gasteiger partial charge < -0.3 is 11.8 Å². The summed E-state index contributed by atoms with van der Waals surface area (Å²) in [4.78, 5) is 0.167. The van der Waals surface area contributed by atoms with E-state index in [1.807, 2.05) is 0 Å². The summed E-state index contributed by atoms with van der Waals surface area (Å²) in [5, 5.41) is 22.1. The average molecular weight is 157 g/mol. The molecular weight excluding hydrogens is 145 g/mol. The summed E-state index contributed by atoms with van der Waals surface area (Å²) in [7, 11) is 0. The van der Waals surface area contributed by atoms with E-state index < -0.39 is 0 Å². The van der Waals surface area contributed by atoms with E-state index in [9.17, 15) is 5.21 Å². The van der Waals surface area contributed by atoms with Crippen molar-refractivity contribution in [3.63, 3.8) is 0 Å². The fourth-order valence-electron chi connectivity index (χ4n) is 0.522. The number of hydrogen-bond donors (Lipinski definition) is 1. The molecule has 0 spiro atoms. The van der Waals surface area contributed by atoms with Crippen LogP contribution in [0.1, 0.15) is 15.3 Å². The van der Waals surface area contributed by atoms with Crippen LogP contribution >= 0.6 is 0 Å². The second-order valence-corrected chi connectivity index (χ2v) is 1.48. The van der Waals surface area contributed by atoms with E-state index in [2.05, 4.69) is 5.28 Å². The quantitative estimate of drug-likeness (QED) is 0.217. The Morgan fingerprint density at radius 1 is 1.60 bits per heavy atom. The van der Waals surface area contributed by atoms with E-state index in [0.29, 0.717) is 13.1 Å². The molecule has 10 heavy (non-hydrogen) atoms. The first-order valence-corrected chi connectivity index (χ1v) is 2.83. The van der Waals surface area contributed by atoms with Gasteiger partial charge in [0.1, 0.15) is 0 Å². The molecule has 0 aromatic carbocycles. The topological polar surface area (TPSA) is 61.9 Å². The Labute approximate surface area is 83.6 Å². The third-order valence-electron chi connectivity index (χ3n) is 1.05. The van der Waals surface area contributed by atoms with E-state index >= 15 is 0 Å². The van der Waals surface area contributed by atoms with Crippen molar-refractivity contribution < 1.29 is 41.2 Å². The summed E-state index contributed by atoms with van der Waals surface area (Å²) in [5.41, 5.74) is 0. The normalized spacial score (nSPS) is 10.4. The first kappa shape index (κ1) is 12.7. The third kappa shape index (κ3) is 3.92. The van der Waals surface area contributed by atoms with Gasteiger partial charge in [-0.05, 0) is 13.8 Å². The molecule has 0 aliphatic carbocycles. The molecule has 0 saturated carbocycles. The number of hydrazine groups is 1. The molecule has 0 aliphatic rings. The standard InChI is InChI=1S/C4H11N3O2.Na.H/c1-3-6(4-2)7(9)5-8;;/h8H,3-4H2,1-2H3;;/q;+1;-1. The van der Waals surface area contributed by atoms with Crippen molar-refractivity contribution in [1.82, 2.24) is 5.01 Å². The third-order valence-corrected chi connectivity index (χ3v) is 1.05. The molecule has 0 saturated heterocycles. The van der Waals surface area contributed by atoms with Crippen LogP contribution in [0.25, 0.3) is 0 Å². The van der Waals surface area contributed by atoms with Crippen molar-refractivity contribution in [1.29, 1.82) is 0 Å². The van der Waals surface area contributed by atoms with Gasteiger partial charge in [0.2, 0.25) is 5.28 Å². The van der Waals surface area contributed by atoms with Crippen LogP contribution in [-0.4, -0.2) is 28.3 Å². The van der Waals surface area contributed by atoms with Gasteiger partial charge in [0.15, 0.2) is 0 Å². The van der Waals surface area contributed by atoms with Gasteiger partial charge in [-0.3, -0.25) is 0 Å². The van der Waals surface area contributed by atoms with Crippen LogP contribution in [0.2, 0.25) is 0 Å². The van der Waals surface area contributed by atoms with E-state index in [0.717, 1.165) is 0 Å². The van der Waals surface area contributed by atoms with Crippen LogP contribution in [0.3, 0.4) is 0 Å². The molecule has 0 aliphatic heterocycles. The van der Waals surface area contributed by atoms with Crippen LogP contribution in [-0.2, 0) is 0 Å². The summed E-state index contributed by atoms with van der Waals surface area (Å²) in [6.45, 7) is 4.70. The van der Waals surface area contributed by atoms with Crippen molar-refractivity contribution in [2.75, 3.05) is 13.1 Å². The smallest absolute Gasteiger partial charge is 1.00 e. The maximum absolute atomic E-state index is 10.4. The first-order chi connectivity index (χ1) is 4.26. The minimum atomic E-state index is 0. The fraction of sp³-hybridized carbons (Fsp3) is 1.00. The second-order valence-electron chi connectivity index (χ2n) is 1.48. The number of hydrogen-bond acceptors (Lipinski definition) is 2. The van der Waals surface area contributed by atoms with Gasteiger partial charge in [-0.2, -0.15) is 0 Å². The Kier molecular flexibility index (Phi) is 9.00. The Morgan fingerprint density at radius 2 is 2.00 bits per heavy atom. The molecule has 0 aromatic rings. The summed E-state index contributed by atoms with van der Waals surface area (Å²) in [6.07, 6.45) is 0. The number of rotatable bonds is 3. The Balaban J connectivity index is -0.000000320. The van der Waals surface area contributed by atoms with Gasteiger partial charge in [-0.1, -0.05) is 0 Å². The van der Waals surface area contributed by atoms with Crippen LogP contribution in [0.5, 0.6) is 0 Å². The molecule has 6 heteroatoms. The van der Waals surface area contributed by atoms with Crippen molar-refractivity contribution >= 4 is 0 Å². The predicted molar refractivity (Wildman–Crippen MR) is 31.9 cm³/mol. The summed E-state index contributed by atoms with van der Waals surface area (Å²) in [5.74, 6) is 0.